The summed E-state index contributed by atoms with van der Waals surface area (Å²) in [5.74, 6) is 1.74. The van der Waals surface area contributed by atoms with Crippen LogP contribution in [0.4, 0.5) is 0 Å². The molecule has 2 unspecified atom stereocenters. The fourth-order valence-corrected chi connectivity index (χ4v) is 2.55. The van der Waals surface area contributed by atoms with Crippen molar-refractivity contribution >= 4 is 0 Å². The molecule has 0 aromatic heterocycles. The average molecular weight is 302 g/mol. The first-order valence-electron chi connectivity index (χ1n) is 7.06. The Morgan fingerprint density at radius 3 is 2.64 bits per heavy atom. The van der Waals surface area contributed by atoms with Gasteiger partial charge in [0, 0.05) is 5.56 Å². The number of aliphatic hydroxyl groups is 1. The van der Waals surface area contributed by atoms with Gasteiger partial charge in [-0.15, -0.1) is 0 Å². The molecular weight excluding hydrogens is 284 g/mol. The molecule has 5 heteroatoms. The second-order valence-corrected chi connectivity index (χ2v) is 5.23. The minimum Gasteiger partial charge on any atom is -0.504 e. The summed E-state index contributed by atoms with van der Waals surface area (Å²) in [5, 5.41) is 18.9. The Bertz CT molecular complexity index is 683. The molecule has 0 radical (unpaired) electrons. The summed E-state index contributed by atoms with van der Waals surface area (Å²) in [6.45, 7) is 1.88. The Morgan fingerprint density at radius 2 is 1.91 bits per heavy atom. The van der Waals surface area contributed by atoms with Gasteiger partial charge in [-0.3, -0.25) is 0 Å². The van der Waals surface area contributed by atoms with E-state index in [-0.39, 0.29) is 24.6 Å². The highest BCUT2D eigenvalue weighted by Crippen LogP contribution is 2.41. The predicted molar refractivity (Wildman–Crippen MR) is 80.5 cm³/mol. The fourth-order valence-electron chi connectivity index (χ4n) is 2.55. The molecule has 1 aliphatic rings. The molecule has 2 atom stereocenters. The van der Waals surface area contributed by atoms with Crippen LogP contribution < -0.4 is 14.2 Å². The lowest BCUT2D eigenvalue weighted by molar-refractivity contribution is 0.0303. The van der Waals surface area contributed by atoms with Crippen molar-refractivity contribution in [2.45, 2.75) is 25.7 Å². The molecule has 116 valence electrons. The number of fused-ring (bicyclic) bond motifs is 1. The van der Waals surface area contributed by atoms with E-state index in [2.05, 4.69) is 0 Å². The van der Waals surface area contributed by atoms with Crippen LogP contribution in [0.3, 0.4) is 0 Å². The number of aromatic hydroxyl groups is 1. The lowest BCUT2D eigenvalue weighted by atomic mass is 10.0. The first kappa shape index (κ1) is 14.5. The van der Waals surface area contributed by atoms with Crippen molar-refractivity contribution in [2.75, 3.05) is 7.11 Å². The number of phenols is 1. The van der Waals surface area contributed by atoms with Crippen LogP contribution in [-0.4, -0.2) is 23.4 Å². The van der Waals surface area contributed by atoms with E-state index >= 15 is 0 Å². The van der Waals surface area contributed by atoms with Gasteiger partial charge < -0.3 is 24.4 Å². The van der Waals surface area contributed by atoms with Gasteiger partial charge in [0.25, 0.3) is 0 Å². The highest BCUT2D eigenvalue weighted by Gasteiger charge is 2.30. The van der Waals surface area contributed by atoms with Crippen molar-refractivity contribution in [3.63, 3.8) is 0 Å². The van der Waals surface area contributed by atoms with Crippen LogP contribution in [0.1, 0.15) is 24.2 Å². The second-order valence-electron chi connectivity index (χ2n) is 5.23. The standard InChI is InChI=1S/C17H18O5/c1-10-17(12-4-5-13(19)15(8-12)20-2)22-14-6-3-11(9-18)7-16(14)21-10/h3-8,10,17-19H,9H2,1-2H3. The predicted octanol–water partition coefficient (Wildman–Crippen LogP) is 2.79. The average Bonchev–Trinajstić information content (AvgIpc) is 2.54. The summed E-state index contributed by atoms with van der Waals surface area (Å²) >= 11 is 0. The Hall–Kier alpha value is -2.40. The Balaban J connectivity index is 1.92. The van der Waals surface area contributed by atoms with Crippen molar-refractivity contribution in [3.8, 4) is 23.0 Å². The van der Waals surface area contributed by atoms with Gasteiger partial charge in [-0.25, -0.2) is 0 Å². The van der Waals surface area contributed by atoms with Gasteiger partial charge in [-0.1, -0.05) is 12.1 Å². The van der Waals surface area contributed by atoms with Crippen molar-refractivity contribution < 1.29 is 24.4 Å². The van der Waals surface area contributed by atoms with Crippen LogP contribution in [-0.2, 0) is 6.61 Å². The zero-order valence-electron chi connectivity index (χ0n) is 12.4. The van der Waals surface area contributed by atoms with E-state index in [0.717, 1.165) is 11.1 Å². The number of hydrogen-bond donors (Lipinski definition) is 2. The number of hydrogen-bond acceptors (Lipinski definition) is 5. The van der Waals surface area contributed by atoms with Crippen LogP contribution in [0.15, 0.2) is 36.4 Å². The third kappa shape index (κ3) is 2.55. The summed E-state index contributed by atoms with van der Waals surface area (Å²) in [4.78, 5) is 0. The van der Waals surface area contributed by atoms with E-state index in [9.17, 15) is 10.2 Å². The summed E-state index contributed by atoms with van der Waals surface area (Å²) in [7, 11) is 1.51. The van der Waals surface area contributed by atoms with Gasteiger partial charge in [0.05, 0.1) is 13.7 Å². The van der Waals surface area contributed by atoms with Crippen molar-refractivity contribution in [1.29, 1.82) is 0 Å². The zero-order chi connectivity index (χ0) is 15.7. The van der Waals surface area contributed by atoms with E-state index in [0.29, 0.717) is 17.2 Å². The van der Waals surface area contributed by atoms with Crippen LogP contribution in [0.5, 0.6) is 23.0 Å². The minimum absolute atomic E-state index is 0.0381. The van der Waals surface area contributed by atoms with E-state index in [1.165, 1.54) is 7.11 Å². The minimum atomic E-state index is -0.304. The first-order valence-corrected chi connectivity index (χ1v) is 7.06. The van der Waals surface area contributed by atoms with Gasteiger partial charge >= 0.3 is 0 Å². The van der Waals surface area contributed by atoms with Crippen LogP contribution in [0.25, 0.3) is 0 Å². The molecule has 0 saturated carbocycles. The maximum Gasteiger partial charge on any atom is 0.162 e. The molecule has 1 heterocycles. The molecule has 1 aliphatic heterocycles. The van der Waals surface area contributed by atoms with Gasteiger partial charge in [0.1, 0.15) is 6.10 Å². The van der Waals surface area contributed by atoms with Gasteiger partial charge in [-0.2, -0.15) is 0 Å². The highest BCUT2D eigenvalue weighted by molar-refractivity contribution is 5.47. The topological polar surface area (TPSA) is 68.2 Å². The lowest BCUT2D eigenvalue weighted by Crippen LogP contribution is -2.30. The number of ether oxygens (including phenoxy) is 3. The van der Waals surface area contributed by atoms with Crippen LogP contribution >= 0.6 is 0 Å². The van der Waals surface area contributed by atoms with Crippen molar-refractivity contribution in [3.05, 3.63) is 47.5 Å². The third-order valence-electron chi connectivity index (χ3n) is 3.72. The number of phenolic OH excluding ortho intramolecular Hbond substituents is 1. The largest absolute Gasteiger partial charge is 0.504 e. The van der Waals surface area contributed by atoms with Gasteiger partial charge in [-0.05, 0) is 36.8 Å². The third-order valence-corrected chi connectivity index (χ3v) is 3.72. The monoisotopic (exact) mass is 302 g/mol. The molecule has 0 bridgehead atoms. The molecule has 0 saturated heterocycles. The fraction of sp³-hybridized carbons (Fsp3) is 0.294. The molecule has 0 amide bonds. The molecular formula is C17H18O5. The molecule has 0 aliphatic carbocycles. The maximum absolute atomic E-state index is 9.69. The second kappa shape index (κ2) is 5.77. The molecule has 0 spiro atoms. The Morgan fingerprint density at radius 1 is 1.09 bits per heavy atom. The van der Waals surface area contributed by atoms with E-state index in [4.69, 9.17) is 14.2 Å². The lowest BCUT2D eigenvalue weighted by Gasteiger charge is -2.32. The first-order chi connectivity index (χ1) is 10.6. The van der Waals surface area contributed by atoms with E-state index < -0.39 is 0 Å². The summed E-state index contributed by atoms with van der Waals surface area (Å²) < 4.78 is 17.1. The summed E-state index contributed by atoms with van der Waals surface area (Å²) in [6.07, 6.45) is -0.516. The normalized spacial score (nSPS) is 19.8. The SMILES string of the molecule is COc1cc(C2Oc3ccc(CO)cc3OC2C)ccc1O. The number of aliphatic hydroxyl groups excluding tert-OH is 1. The zero-order valence-corrected chi connectivity index (χ0v) is 12.4. The van der Waals surface area contributed by atoms with Crippen molar-refractivity contribution in [1.82, 2.24) is 0 Å². The van der Waals surface area contributed by atoms with Crippen LogP contribution in [0.2, 0.25) is 0 Å². The quantitative estimate of drug-likeness (QED) is 0.912. The van der Waals surface area contributed by atoms with E-state index in [1.54, 1.807) is 36.4 Å². The summed E-state index contributed by atoms with van der Waals surface area (Å²) in [6, 6.07) is 10.5. The van der Waals surface area contributed by atoms with Gasteiger partial charge in [0.15, 0.2) is 29.1 Å². The molecule has 2 aromatic carbocycles. The molecule has 0 fully saturated rings. The van der Waals surface area contributed by atoms with E-state index in [1.807, 2.05) is 6.92 Å². The Labute approximate surface area is 128 Å². The maximum atomic E-state index is 9.69. The summed E-state index contributed by atoms with van der Waals surface area (Å²) in [5.41, 5.74) is 1.64. The highest BCUT2D eigenvalue weighted by atomic mass is 16.6. The molecule has 5 nitrogen and oxygen atoms in total. The Kier molecular flexibility index (Phi) is 3.81. The molecule has 2 aromatic rings. The smallest absolute Gasteiger partial charge is 0.162 e. The molecule has 2 N–H and O–H groups in total. The van der Waals surface area contributed by atoms with Gasteiger partial charge in [0.2, 0.25) is 0 Å². The number of rotatable bonds is 3. The van der Waals surface area contributed by atoms with Crippen LogP contribution in [0, 0.1) is 0 Å². The van der Waals surface area contributed by atoms with Crippen molar-refractivity contribution in [2.24, 2.45) is 0 Å². The molecule has 22 heavy (non-hydrogen) atoms. The number of benzene rings is 2. The molecule has 3 rings (SSSR count). The number of methoxy groups -OCH3 is 1.